The summed E-state index contributed by atoms with van der Waals surface area (Å²) in [6, 6.07) is 9.42. The Labute approximate surface area is 122 Å². The number of hydrogen-bond donors (Lipinski definition) is 1. The van der Waals surface area contributed by atoms with Gasteiger partial charge in [-0.25, -0.2) is 0 Å². The van der Waals surface area contributed by atoms with Gasteiger partial charge in [0.25, 0.3) is 5.91 Å². The summed E-state index contributed by atoms with van der Waals surface area (Å²) in [5.74, 6) is 1.35. The lowest BCUT2D eigenvalue weighted by molar-refractivity contribution is 0.0932. The number of halogens is 1. The Bertz CT molecular complexity index is 620. The molecular weight excluding hydrogens is 274 g/mol. The smallest absolute Gasteiger partial charge is 0.251 e. The Balaban J connectivity index is 1.77. The van der Waals surface area contributed by atoms with Crippen LogP contribution in [0.3, 0.4) is 0 Å². The van der Waals surface area contributed by atoms with E-state index in [4.69, 9.17) is 16.0 Å². The van der Waals surface area contributed by atoms with Gasteiger partial charge in [0, 0.05) is 23.4 Å². The predicted octanol–water partition coefficient (Wildman–Crippen LogP) is 3.83. The van der Waals surface area contributed by atoms with Gasteiger partial charge in [0.15, 0.2) is 0 Å². The van der Waals surface area contributed by atoms with Gasteiger partial charge in [-0.1, -0.05) is 12.1 Å². The summed E-state index contributed by atoms with van der Waals surface area (Å²) < 4.78 is 5.44. The number of amides is 1. The Kier molecular flexibility index (Phi) is 3.79. The second kappa shape index (κ2) is 5.71. The van der Waals surface area contributed by atoms with Gasteiger partial charge >= 0.3 is 0 Å². The topological polar surface area (TPSA) is 42.2 Å². The van der Waals surface area contributed by atoms with Crippen LogP contribution < -0.4 is 5.32 Å². The molecule has 1 unspecified atom stereocenters. The number of alkyl halides is 1. The SMILES string of the molecule is O=C(NC1CCCc2occc21)c1cccc(CCl)c1. The molecule has 1 aromatic heterocycles. The van der Waals surface area contributed by atoms with Gasteiger partial charge in [0.2, 0.25) is 0 Å². The van der Waals surface area contributed by atoms with Crippen LogP contribution in [0.4, 0.5) is 0 Å². The van der Waals surface area contributed by atoms with Gasteiger partial charge in [0.05, 0.1) is 12.3 Å². The minimum atomic E-state index is -0.0592. The third kappa shape index (κ3) is 2.59. The Hall–Kier alpha value is -1.74. The Morgan fingerprint density at radius 1 is 1.40 bits per heavy atom. The molecular formula is C16H16ClNO2. The number of nitrogens with one attached hydrogen (secondary N) is 1. The fourth-order valence-corrected chi connectivity index (χ4v) is 2.84. The average Bonchev–Trinajstić information content (AvgIpc) is 2.97. The van der Waals surface area contributed by atoms with E-state index in [0.717, 1.165) is 36.1 Å². The molecule has 1 amide bonds. The zero-order chi connectivity index (χ0) is 13.9. The molecule has 2 aromatic rings. The van der Waals surface area contributed by atoms with Crippen LogP contribution in [-0.2, 0) is 12.3 Å². The molecule has 4 heteroatoms. The fraction of sp³-hybridized carbons (Fsp3) is 0.312. The number of fused-ring (bicyclic) bond motifs is 1. The standard InChI is InChI=1S/C16H16ClNO2/c17-10-11-3-1-4-12(9-11)16(19)18-14-5-2-6-15-13(14)7-8-20-15/h1,3-4,7-9,14H,2,5-6,10H2,(H,18,19). The van der Waals surface area contributed by atoms with E-state index >= 15 is 0 Å². The zero-order valence-electron chi connectivity index (χ0n) is 11.1. The fourth-order valence-electron chi connectivity index (χ4n) is 2.67. The van der Waals surface area contributed by atoms with Crippen molar-refractivity contribution in [2.45, 2.75) is 31.2 Å². The molecule has 0 radical (unpaired) electrons. The molecule has 0 aliphatic heterocycles. The molecule has 0 fully saturated rings. The highest BCUT2D eigenvalue weighted by Crippen LogP contribution is 2.30. The summed E-state index contributed by atoms with van der Waals surface area (Å²) in [6.45, 7) is 0. The van der Waals surface area contributed by atoms with Crippen molar-refractivity contribution in [2.24, 2.45) is 0 Å². The van der Waals surface area contributed by atoms with Crippen LogP contribution in [0, 0.1) is 0 Å². The van der Waals surface area contributed by atoms with Crippen LogP contribution in [0.15, 0.2) is 41.0 Å². The van der Waals surface area contributed by atoms with Crippen LogP contribution in [0.2, 0.25) is 0 Å². The van der Waals surface area contributed by atoms with Crippen molar-refractivity contribution >= 4 is 17.5 Å². The maximum Gasteiger partial charge on any atom is 0.251 e. The summed E-state index contributed by atoms with van der Waals surface area (Å²) in [4.78, 5) is 12.3. The zero-order valence-corrected chi connectivity index (χ0v) is 11.8. The summed E-state index contributed by atoms with van der Waals surface area (Å²) in [6.07, 6.45) is 4.64. The summed E-state index contributed by atoms with van der Waals surface area (Å²) >= 11 is 5.80. The summed E-state index contributed by atoms with van der Waals surface area (Å²) in [5.41, 5.74) is 2.71. The van der Waals surface area contributed by atoms with E-state index in [1.807, 2.05) is 30.3 Å². The number of carbonyl (C=O) groups excluding carboxylic acids is 1. The highest BCUT2D eigenvalue weighted by atomic mass is 35.5. The average molecular weight is 290 g/mol. The second-order valence-corrected chi connectivity index (χ2v) is 5.32. The van der Waals surface area contributed by atoms with E-state index in [-0.39, 0.29) is 11.9 Å². The third-order valence-corrected chi connectivity index (χ3v) is 4.01. The first-order valence-electron chi connectivity index (χ1n) is 6.80. The van der Waals surface area contributed by atoms with Crippen molar-refractivity contribution in [2.75, 3.05) is 0 Å². The maximum absolute atomic E-state index is 12.3. The molecule has 3 nitrogen and oxygen atoms in total. The monoisotopic (exact) mass is 289 g/mol. The molecule has 1 aliphatic carbocycles. The quantitative estimate of drug-likeness (QED) is 0.873. The van der Waals surface area contributed by atoms with E-state index in [1.165, 1.54) is 0 Å². The van der Waals surface area contributed by atoms with Crippen LogP contribution >= 0.6 is 11.6 Å². The molecule has 1 atom stereocenters. The van der Waals surface area contributed by atoms with Crippen molar-refractivity contribution < 1.29 is 9.21 Å². The van der Waals surface area contributed by atoms with E-state index < -0.39 is 0 Å². The van der Waals surface area contributed by atoms with Crippen molar-refractivity contribution in [3.63, 3.8) is 0 Å². The van der Waals surface area contributed by atoms with E-state index in [1.54, 1.807) is 6.26 Å². The number of aryl methyl sites for hydroxylation is 1. The van der Waals surface area contributed by atoms with Gasteiger partial charge in [0.1, 0.15) is 5.76 Å². The number of benzene rings is 1. The minimum absolute atomic E-state index is 0.0460. The molecule has 20 heavy (non-hydrogen) atoms. The summed E-state index contributed by atoms with van der Waals surface area (Å²) in [7, 11) is 0. The summed E-state index contributed by atoms with van der Waals surface area (Å²) in [5, 5.41) is 3.09. The van der Waals surface area contributed by atoms with Crippen LogP contribution in [-0.4, -0.2) is 5.91 Å². The molecule has 104 valence electrons. The lowest BCUT2D eigenvalue weighted by atomic mass is 9.93. The maximum atomic E-state index is 12.3. The second-order valence-electron chi connectivity index (χ2n) is 5.05. The lowest BCUT2D eigenvalue weighted by Gasteiger charge is -2.22. The highest BCUT2D eigenvalue weighted by Gasteiger charge is 2.24. The molecule has 1 heterocycles. The van der Waals surface area contributed by atoms with Crippen LogP contribution in [0.25, 0.3) is 0 Å². The van der Waals surface area contributed by atoms with Crippen molar-refractivity contribution in [1.29, 1.82) is 0 Å². The van der Waals surface area contributed by atoms with Gasteiger partial charge in [-0.15, -0.1) is 11.6 Å². The molecule has 1 aromatic carbocycles. The molecule has 0 spiro atoms. The normalized spacial score (nSPS) is 17.6. The van der Waals surface area contributed by atoms with Gasteiger partial charge in [-0.05, 0) is 36.6 Å². The first-order chi connectivity index (χ1) is 9.78. The molecule has 1 N–H and O–H groups in total. The predicted molar refractivity (Wildman–Crippen MR) is 77.9 cm³/mol. The molecule has 0 saturated heterocycles. The number of hydrogen-bond acceptors (Lipinski definition) is 2. The van der Waals surface area contributed by atoms with Crippen molar-refractivity contribution in [3.8, 4) is 0 Å². The first kappa shape index (κ1) is 13.3. The van der Waals surface area contributed by atoms with E-state index in [9.17, 15) is 4.79 Å². The number of furan rings is 1. The van der Waals surface area contributed by atoms with Crippen LogP contribution in [0.1, 0.15) is 46.1 Å². The number of rotatable bonds is 3. The van der Waals surface area contributed by atoms with Crippen molar-refractivity contribution in [1.82, 2.24) is 5.32 Å². The molecule has 1 aliphatic rings. The number of carbonyl (C=O) groups is 1. The highest BCUT2D eigenvalue weighted by molar-refractivity contribution is 6.17. The molecule has 0 saturated carbocycles. The Morgan fingerprint density at radius 3 is 3.15 bits per heavy atom. The van der Waals surface area contributed by atoms with Gasteiger partial charge in [-0.2, -0.15) is 0 Å². The van der Waals surface area contributed by atoms with E-state index in [0.29, 0.717) is 11.4 Å². The minimum Gasteiger partial charge on any atom is -0.469 e. The van der Waals surface area contributed by atoms with Crippen LogP contribution in [0.5, 0.6) is 0 Å². The lowest BCUT2D eigenvalue weighted by Crippen LogP contribution is -2.30. The molecule has 0 bridgehead atoms. The largest absolute Gasteiger partial charge is 0.469 e. The van der Waals surface area contributed by atoms with E-state index in [2.05, 4.69) is 5.32 Å². The van der Waals surface area contributed by atoms with Crippen molar-refractivity contribution in [3.05, 3.63) is 59.0 Å². The Morgan fingerprint density at radius 2 is 2.30 bits per heavy atom. The van der Waals surface area contributed by atoms with Gasteiger partial charge in [-0.3, -0.25) is 4.79 Å². The first-order valence-corrected chi connectivity index (χ1v) is 7.33. The van der Waals surface area contributed by atoms with Gasteiger partial charge < -0.3 is 9.73 Å². The third-order valence-electron chi connectivity index (χ3n) is 3.70. The molecule has 3 rings (SSSR count).